The molecule has 4 heteroatoms. The molecule has 0 saturated carbocycles. The summed E-state index contributed by atoms with van der Waals surface area (Å²) in [6.07, 6.45) is -1.08. The third-order valence-corrected chi connectivity index (χ3v) is 1.32. The number of hydrogen-bond donors (Lipinski definition) is 1. The van der Waals surface area contributed by atoms with Crippen LogP contribution in [0.25, 0.3) is 0 Å². The quantitative estimate of drug-likeness (QED) is 0.678. The largest absolute Gasteiger partial charge is 0.383 e. The lowest BCUT2D eigenvalue weighted by atomic mass is 10.2. The lowest BCUT2D eigenvalue weighted by Crippen LogP contribution is -1.98. The van der Waals surface area contributed by atoms with E-state index in [9.17, 15) is 8.78 Å². The number of anilines is 1. The highest BCUT2D eigenvalue weighted by atomic mass is 19.3. The smallest absolute Gasteiger partial charge is 0.267 e. The maximum Gasteiger partial charge on any atom is 0.267 e. The van der Waals surface area contributed by atoms with E-state index in [-0.39, 0.29) is 11.4 Å². The van der Waals surface area contributed by atoms with Crippen LogP contribution >= 0.6 is 0 Å². The van der Waals surface area contributed by atoms with Crippen molar-refractivity contribution in [3.8, 4) is 0 Å². The highest BCUT2D eigenvalue weighted by molar-refractivity contribution is 5.41. The number of hydrogen-bond acceptors (Lipinski definition) is 2. The van der Waals surface area contributed by atoms with Gasteiger partial charge in [-0.3, -0.25) is 0 Å². The molecule has 0 bridgehead atoms. The van der Waals surface area contributed by atoms with Crippen LogP contribution in [0.15, 0.2) is 12.3 Å². The fourth-order valence-electron chi connectivity index (χ4n) is 0.777. The zero-order chi connectivity index (χ0) is 8.43. The van der Waals surface area contributed by atoms with E-state index in [1.807, 2.05) is 0 Å². The standard InChI is InChI=1S/C7H8F2N2/c1-4-2-5(6(8)9)7(10)11-3-4/h2-3,6H,1H3,(H2,10,11). The first kappa shape index (κ1) is 7.91. The average Bonchev–Trinajstić information content (AvgIpc) is 1.94. The average molecular weight is 158 g/mol. The van der Waals surface area contributed by atoms with E-state index >= 15 is 0 Å². The van der Waals surface area contributed by atoms with Gasteiger partial charge in [0.05, 0.1) is 5.56 Å². The van der Waals surface area contributed by atoms with Gasteiger partial charge in [0.2, 0.25) is 0 Å². The van der Waals surface area contributed by atoms with Crippen LogP contribution in [0.2, 0.25) is 0 Å². The molecule has 0 spiro atoms. The molecule has 1 rings (SSSR count). The number of aromatic nitrogens is 1. The van der Waals surface area contributed by atoms with Crippen molar-refractivity contribution in [3.63, 3.8) is 0 Å². The second kappa shape index (κ2) is 2.82. The minimum atomic E-state index is -2.54. The van der Waals surface area contributed by atoms with Gasteiger partial charge in [0.25, 0.3) is 6.43 Å². The fraction of sp³-hybridized carbons (Fsp3) is 0.286. The van der Waals surface area contributed by atoms with Crippen LogP contribution in [0.4, 0.5) is 14.6 Å². The molecule has 2 N–H and O–H groups in total. The molecule has 1 heterocycles. The van der Waals surface area contributed by atoms with Gasteiger partial charge in [-0.2, -0.15) is 0 Å². The van der Waals surface area contributed by atoms with Gasteiger partial charge in [0.15, 0.2) is 0 Å². The minimum absolute atomic E-state index is 0.0920. The Morgan fingerprint density at radius 3 is 2.64 bits per heavy atom. The zero-order valence-electron chi connectivity index (χ0n) is 6.01. The molecular weight excluding hydrogens is 150 g/mol. The monoisotopic (exact) mass is 158 g/mol. The number of pyridine rings is 1. The molecule has 11 heavy (non-hydrogen) atoms. The first-order valence-electron chi connectivity index (χ1n) is 3.11. The molecule has 0 fully saturated rings. The summed E-state index contributed by atoms with van der Waals surface area (Å²) in [7, 11) is 0. The van der Waals surface area contributed by atoms with Gasteiger partial charge in [0.1, 0.15) is 5.82 Å². The molecule has 1 aromatic heterocycles. The van der Waals surface area contributed by atoms with Crippen LogP contribution < -0.4 is 5.73 Å². The molecular formula is C7H8F2N2. The summed E-state index contributed by atoms with van der Waals surface area (Å²) >= 11 is 0. The molecule has 0 atom stereocenters. The van der Waals surface area contributed by atoms with Crippen molar-refractivity contribution in [3.05, 3.63) is 23.4 Å². The van der Waals surface area contributed by atoms with E-state index in [2.05, 4.69) is 4.98 Å². The van der Waals surface area contributed by atoms with Gasteiger partial charge in [-0.1, -0.05) is 0 Å². The Morgan fingerprint density at radius 1 is 1.55 bits per heavy atom. The van der Waals surface area contributed by atoms with E-state index in [1.165, 1.54) is 12.3 Å². The van der Waals surface area contributed by atoms with Crippen LogP contribution in [-0.4, -0.2) is 4.98 Å². The topological polar surface area (TPSA) is 38.9 Å². The van der Waals surface area contributed by atoms with E-state index in [4.69, 9.17) is 5.73 Å². The highest BCUT2D eigenvalue weighted by Gasteiger charge is 2.11. The Hall–Kier alpha value is -1.19. The SMILES string of the molecule is Cc1cnc(N)c(C(F)F)c1. The molecule has 2 nitrogen and oxygen atoms in total. The fourth-order valence-corrected chi connectivity index (χ4v) is 0.777. The Kier molecular flexibility index (Phi) is 2.03. The van der Waals surface area contributed by atoms with Crippen molar-refractivity contribution in [2.24, 2.45) is 0 Å². The van der Waals surface area contributed by atoms with E-state index in [0.717, 1.165) is 0 Å². The number of aryl methyl sites for hydroxylation is 1. The van der Waals surface area contributed by atoms with Crippen molar-refractivity contribution in [1.82, 2.24) is 4.98 Å². The van der Waals surface area contributed by atoms with Gasteiger partial charge < -0.3 is 5.73 Å². The molecule has 0 aliphatic rings. The number of alkyl halides is 2. The Labute approximate surface area is 63.1 Å². The molecule has 0 aliphatic heterocycles. The van der Waals surface area contributed by atoms with Gasteiger partial charge in [-0.25, -0.2) is 13.8 Å². The van der Waals surface area contributed by atoms with Crippen LogP contribution in [-0.2, 0) is 0 Å². The second-order valence-electron chi connectivity index (χ2n) is 2.29. The predicted octanol–water partition coefficient (Wildman–Crippen LogP) is 1.91. The van der Waals surface area contributed by atoms with Crippen LogP contribution in [0, 0.1) is 6.92 Å². The van der Waals surface area contributed by atoms with Crippen molar-refractivity contribution >= 4 is 5.82 Å². The maximum atomic E-state index is 12.1. The molecule has 0 saturated heterocycles. The molecule has 60 valence electrons. The molecule has 1 aromatic rings. The number of nitrogens with zero attached hydrogens (tertiary/aromatic N) is 1. The van der Waals surface area contributed by atoms with Crippen molar-refractivity contribution in [2.45, 2.75) is 13.3 Å². The van der Waals surface area contributed by atoms with Crippen LogP contribution in [0.1, 0.15) is 17.6 Å². The van der Waals surface area contributed by atoms with Gasteiger partial charge in [0, 0.05) is 6.20 Å². The maximum absolute atomic E-state index is 12.1. The van der Waals surface area contributed by atoms with Crippen molar-refractivity contribution in [2.75, 3.05) is 5.73 Å². The molecule has 0 aliphatic carbocycles. The van der Waals surface area contributed by atoms with Gasteiger partial charge >= 0.3 is 0 Å². The summed E-state index contributed by atoms with van der Waals surface area (Å²) in [4.78, 5) is 3.60. The number of nitrogens with two attached hydrogens (primary N) is 1. The molecule has 0 radical (unpaired) electrons. The summed E-state index contributed by atoms with van der Waals surface area (Å²) in [5.74, 6) is -0.0920. The summed E-state index contributed by atoms with van der Waals surface area (Å²) < 4.78 is 24.2. The second-order valence-corrected chi connectivity index (χ2v) is 2.29. The summed E-state index contributed by atoms with van der Waals surface area (Å²) in [6, 6.07) is 1.34. The normalized spacial score (nSPS) is 10.5. The third-order valence-electron chi connectivity index (χ3n) is 1.32. The lowest BCUT2D eigenvalue weighted by molar-refractivity contribution is 0.152. The van der Waals surface area contributed by atoms with Crippen LogP contribution in [0.3, 0.4) is 0 Å². The zero-order valence-corrected chi connectivity index (χ0v) is 6.01. The molecule has 0 aromatic carbocycles. The van der Waals surface area contributed by atoms with Crippen molar-refractivity contribution in [1.29, 1.82) is 0 Å². The Bertz CT molecular complexity index is 261. The summed E-state index contributed by atoms with van der Waals surface area (Å²) in [5, 5.41) is 0. The number of nitrogen functional groups attached to an aromatic ring is 1. The lowest BCUT2D eigenvalue weighted by Gasteiger charge is -2.03. The Balaban J connectivity index is 3.13. The number of rotatable bonds is 1. The molecule has 0 amide bonds. The third kappa shape index (κ3) is 1.63. The van der Waals surface area contributed by atoms with E-state index in [1.54, 1.807) is 6.92 Å². The molecule has 0 unspecified atom stereocenters. The van der Waals surface area contributed by atoms with E-state index in [0.29, 0.717) is 5.56 Å². The van der Waals surface area contributed by atoms with Gasteiger partial charge in [-0.15, -0.1) is 0 Å². The van der Waals surface area contributed by atoms with Gasteiger partial charge in [-0.05, 0) is 18.6 Å². The summed E-state index contributed by atoms with van der Waals surface area (Å²) in [6.45, 7) is 1.69. The number of halogens is 2. The van der Waals surface area contributed by atoms with Crippen LogP contribution in [0.5, 0.6) is 0 Å². The predicted molar refractivity (Wildman–Crippen MR) is 38.3 cm³/mol. The minimum Gasteiger partial charge on any atom is -0.383 e. The van der Waals surface area contributed by atoms with E-state index < -0.39 is 6.43 Å². The Morgan fingerprint density at radius 2 is 2.18 bits per heavy atom. The first-order chi connectivity index (χ1) is 5.11. The summed E-state index contributed by atoms with van der Waals surface area (Å²) in [5.41, 5.74) is 5.70. The highest BCUT2D eigenvalue weighted by Crippen LogP contribution is 2.23. The first-order valence-corrected chi connectivity index (χ1v) is 3.11. The van der Waals surface area contributed by atoms with Crippen molar-refractivity contribution < 1.29 is 8.78 Å².